The SMILES string of the molecule is Oc1ccccc1-c1cc2c3c(cccc3c1)Nc1ccccc1-2. The highest BCUT2D eigenvalue weighted by Crippen LogP contribution is 2.46. The zero-order valence-corrected chi connectivity index (χ0v) is 13.0. The maximum atomic E-state index is 10.3. The first-order valence-electron chi connectivity index (χ1n) is 8.03. The maximum Gasteiger partial charge on any atom is 0.123 e. The molecule has 2 nitrogen and oxygen atoms in total. The van der Waals surface area contributed by atoms with Crippen LogP contribution in [-0.2, 0) is 0 Å². The van der Waals surface area contributed by atoms with E-state index >= 15 is 0 Å². The molecule has 2 heteroatoms. The summed E-state index contributed by atoms with van der Waals surface area (Å²) in [5.74, 6) is 0.308. The molecule has 0 atom stereocenters. The molecule has 1 aliphatic heterocycles. The number of benzene rings is 4. The number of rotatable bonds is 1. The van der Waals surface area contributed by atoms with Gasteiger partial charge in [0.25, 0.3) is 0 Å². The maximum absolute atomic E-state index is 10.3. The van der Waals surface area contributed by atoms with E-state index in [1.807, 2.05) is 24.3 Å². The molecule has 114 valence electrons. The second-order valence-electron chi connectivity index (χ2n) is 6.12. The molecule has 0 saturated heterocycles. The van der Waals surface area contributed by atoms with E-state index in [1.54, 1.807) is 6.07 Å². The van der Waals surface area contributed by atoms with Crippen LogP contribution >= 0.6 is 0 Å². The van der Waals surface area contributed by atoms with E-state index in [2.05, 4.69) is 53.8 Å². The van der Waals surface area contributed by atoms with Crippen molar-refractivity contribution in [3.63, 3.8) is 0 Å². The van der Waals surface area contributed by atoms with Gasteiger partial charge in [0, 0.05) is 27.9 Å². The molecule has 5 rings (SSSR count). The number of anilines is 2. The Morgan fingerprint density at radius 3 is 2.25 bits per heavy atom. The Bertz CT molecular complexity index is 1100. The lowest BCUT2D eigenvalue weighted by atomic mass is 9.89. The van der Waals surface area contributed by atoms with E-state index in [0.29, 0.717) is 5.75 Å². The van der Waals surface area contributed by atoms with Crippen LogP contribution in [0, 0.1) is 0 Å². The van der Waals surface area contributed by atoms with E-state index in [0.717, 1.165) is 22.5 Å². The first kappa shape index (κ1) is 13.2. The molecule has 0 bridgehead atoms. The number of hydrogen-bond acceptors (Lipinski definition) is 2. The fourth-order valence-electron chi connectivity index (χ4n) is 3.59. The number of fused-ring (bicyclic) bond motifs is 2. The summed E-state index contributed by atoms with van der Waals surface area (Å²) >= 11 is 0. The fraction of sp³-hybridized carbons (Fsp3) is 0. The van der Waals surface area contributed by atoms with Crippen LogP contribution in [0.1, 0.15) is 0 Å². The number of hydrogen-bond donors (Lipinski definition) is 2. The van der Waals surface area contributed by atoms with E-state index in [9.17, 15) is 5.11 Å². The summed E-state index contributed by atoms with van der Waals surface area (Å²) in [4.78, 5) is 0. The first-order valence-corrected chi connectivity index (χ1v) is 8.03. The second-order valence-corrected chi connectivity index (χ2v) is 6.12. The standard InChI is InChI=1S/C22H15NO/c24-21-11-4-2-7-16(21)15-12-14-6-5-10-20-22(14)18(13-15)17-8-1-3-9-19(17)23-20/h1-13,23-24H. The number of phenolic OH excluding ortho intramolecular Hbond substituents is 1. The van der Waals surface area contributed by atoms with E-state index in [-0.39, 0.29) is 0 Å². The van der Waals surface area contributed by atoms with Crippen LogP contribution in [0.15, 0.2) is 78.9 Å². The van der Waals surface area contributed by atoms with Crippen molar-refractivity contribution >= 4 is 22.1 Å². The minimum absolute atomic E-state index is 0.308. The molecule has 4 aromatic carbocycles. The molecule has 0 aliphatic carbocycles. The minimum Gasteiger partial charge on any atom is -0.507 e. The topological polar surface area (TPSA) is 32.3 Å². The molecule has 0 unspecified atom stereocenters. The van der Waals surface area contributed by atoms with Gasteiger partial charge in [-0.15, -0.1) is 0 Å². The van der Waals surface area contributed by atoms with E-state index in [4.69, 9.17) is 0 Å². The van der Waals surface area contributed by atoms with Crippen LogP contribution in [-0.4, -0.2) is 5.11 Å². The quantitative estimate of drug-likeness (QED) is 0.402. The fourth-order valence-corrected chi connectivity index (χ4v) is 3.59. The van der Waals surface area contributed by atoms with Gasteiger partial charge in [0.2, 0.25) is 0 Å². The monoisotopic (exact) mass is 309 g/mol. The lowest BCUT2D eigenvalue weighted by Gasteiger charge is -2.23. The predicted molar refractivity (Wildman–Crippen MR) is 99.8 cm³/mol. The van der Waals surface area contributed by atoms with Gasteiger partial charge in [-0.2, -0.15) is 0 Å². The molecule has 1 heterocycles. The highest BCUT2D eigenvalue weighted by molar-refractivity contribution is 6.12. The summed E-state index contributed by atoms with van der Waals surface area (Å²) in [6.45, 7) is 0. The summed E-state index contributed by atoms with van der Waals surface area (Å²) in [7, 11) is 0. The average molecular weight is 309 g/mol. The molecule has 0 aromatic heterocycles. The summed E-state index contributed by atoms with van der Waals surface area (Å²) < 4.78 is 0. The molecule has 0 amide bonds. The van der Waals surface area contributed by atoms with Crippen molar-refractivity contribution in [3.8, 4) is 28.0 Å². The van der Waals surface area contributed by atoms with Crippen LogP contribution in [0.3, 0.4) is 0 Å². The molecule has 0 saturated carbocycles. The number of aromatic hydroxyl groups is 1. The average Bonchev–Trinajstić information content (AvgIpc) is 2.62. The molecule has 2 N–H and O–H groups in total. The first-order chi connectivity index (χ1) is 11.8. The Hall–Kier alpha value is -3.26. The molecular formula is C22H15NO. The van der Waals surface area contributed by atoms with Crippen molar-refractivity contribution in [1.82, 2.24) is 0 Å². The van der Waals surface area contributed by atoms with Gasteiger partial charge in [0.05, 0.1) is 0 Å². The Kier molecular flexibility index (Phi) is 2.68. The zero-order valence-electron chi connectivity index (χ0n) is 13.0. The van der Waals surface area contributed by atoms with Crippen molar-refractivity contribution in [3.05, 3.63) is 78.9 Å². The van der Waals surface area contributed by atoms with Gasteiger partial charge in [0.1, 0.15) is 5.75 Å². The highest BCUT2D eigenvalue weighted by Gasteiger charge is 2.19. The smallest absolute Gasteiger partial charge is 0.123 e. The van der Waals surface area contributed by atoms with Gasteiger partial charge in [-0.25, -0.2) is 0 Å². The molecule has 0 spiro atoms. The van der Waals surface area contributed by atoms with Gasteiger partial charge < -0.3 is 10.4 Å². The number of nitrogens with one attached hydrogen (secondary N) is 1. The molecule has 24 heavy (non-hydrogen) atoms. The summed E-state index contributed by atoms with van der Waals surface area (Å²) in [6.07, 6.45) is 0. The van der Waals surface area contributed by atoms with Crippen molar-refractivity contribution in [2.24, 2.45) is 0 Å². The Morgan fingerprint density at radius 2 is 1.38 bits per heavy atom. The Morgan fingerprint density at radius 1 is 0.625 bits per heavy atom. The van der Waals surface area contributed by atoms with Crippen LogP contribution in [0.4, 0.5) is 11.4 Å². The van der Waals surface area contributed by atoms with Gasteiger partial charge in [-0.3, -0.25) is 0 Å². The van der Waals surface area contributed by atoms with Gasteiger partial charge in [0.15, 0.2) is 0 Å². The lowest BCUT2D eigenvalue weighted by Crippen LogP contribution is -2.01. The number of phenols is 1. The summed E-state index contributed by atoms with van der Waals surface area (Å²) in [5.41, 5.74) is 6.53. The zero-order chi connectivity index (χ0) is 16.1. The van der Waals surface area contributed by atoms with Gasteiger partial charge >= 0.3 is 0 Å². The van der Waals surface area contributed by atoms with Crippen molar-refractivity contribution in [2.45, 2.75) is 0 Å². The molecule has 1 aliphatic rings. The van der Waals surface area contributed by atoms with Crippen molar-refractivity contribution in [1.29, 1.82) is 0 Å². The van der Waals surface area contributed by atoms with Gasteiger partial charge in [-0.05, 0) is 46.8 Å². The lowest BCUT2D eigenvalue weighted by molar-refractivity contribution is 0.477. The normalized spacial score (nSPS) is 11.8. The largest absolute Gasteiger partial charge is 0.507 e. The predicted octanol–water partition coefficient (Wildman–Crippen LogP) is 5.94. The highest BCUT2D eigenvalue weighted by atomic mass is 16.3. The Balaban J connectivity index is 1.89. The molecule has 0 fully saturated rings. The van der Waals surface area contributed by atoms with Crippen LogP contribution in [0.25, 0.3) is 33.0 Å². The molecule has 4 aromatic rings. The van der Waals surface area contributed by atoms with E-state index in [1.165, 1.54) is 21.9 Å². The third-order valence-corrected chi connectivity index (χ3v) is 4.68. The van der Waals surface area contributed by atoms with Crippen LogP contribution in [0.5, 0.6) is 5.75 Å². The van der Waals surface area contributed by atoms with Crippen molar-refractivity contribution in [2.75, 3.05) is 5.32 Å². The van der Waals surface area contributed by atoms with Crippen LogP contribution in [0.2, 0.25) is 0 Å². The molecule has 0 radical (unpaired) electrons. The second kappa shape index (κ2) is 4.87. The minimum atomic E-state index is 0.308. The van der Waals surface area contributed by atoms with Crippen molar-refractivity contribution < 1.29 is 5.11 Å². The summed E-state index contributed by atoms with van der Waals surface area (Å²) in [5, 5.41) is 16.2. The Labute approximate surface area is 140 Å². The third kappa shape index (κ3) is 1.83. The van der Waals surface area contributed by atoms with E-state index < -0.39 is 0 Å². The molecular weight excluding hydrogens is 294 g/mol. The number of para-hydroxylation sites is 2. The third-order valence-electron chi connectivity index (χ3n) is 4.68. The van der Waals surface area contributed by atoms with Crippen LogP contribution < -0.4 is 5.32 Å². The van der Waals surface area contributed by atoms with Gasteiger partial charge in [-0.1, -0.05) is 48.5 Å². The summed E-state index contributed by atoms with van der Waals surface area (Å²) in [6, 6.07) is 26.5.